The van der Waals surface area contributed by atoms with Crippen LogP contribution in [0.3, 0.4) is 0 Å². The van der Waals surface area contributed by atoms with Gasteiger partial charge in [0, 0.05) is 12.4 Å². The second kappa shape index (κ2) is 14.5. The predicted molar refractivity (Wildman–Crippen MR) is 159 cm³/mol. The summed E-state index contributed by atoms with van der Waals surface area (Å²) >= 11 is -1.92. The Hall–Kier alpha value is -2.40. The van der Waals surface area contributed by atoms with Gasteiger partial charge < -0.3 is 5.32 Å². The Balaban J connectivity index is 0.000000886. The molecular formula is C30H28Cl3N3Ti. The van der Waals surface area contributed by atoms with Crippen LogP contribution < -0.4 is 0 Å². The molecule has 3 nitrogen and oxygen atoms in total. The van der Waals surface area contributed by atoms with Gasteiger partial charge in [-0.15, -0.1) is 11.4 Å². The van der Waals surface area contributed by atoms with Crippen molar-refractivity contribution in [2.75, 3.05) is 0 Å². The van der Waals surface area contributed by atoms with E-state index in [1.165, 1.54) is 0 Å². The van der Waals surface area contributed by atoms with E-state index in [0.717, 1.165) is 56.1 Å². The number of para-hydroxylation sites is 4. The van der Waals surface area contributed by atoms with E-state index in [4.69, 9.17) is 43.2 Å². The van der Waals surface area contributed by atoms with Crippen LogP contribution >= 0.6 is 27.9 Å². The molecule has 0 heterocycles. The average molecular weight is 585 g/mol. The number of halogens is 3. The number of nitrogens with zero attached hydrogens (tertiary/aromatic N) is 3. The summed E-state index contributed by atoms with van der Waals surface area (Å²) in [7, 11) is 14.9. The van der Waals surface area contributed by atoms with Gasteiger partial charge in [0.1, 0.15) is 0 Å². The van der Waals surface area contributed by atoms with Crippen LogP contribution in [0, 0.1) is 27.7 Å². The van der Waals surface area contributed by atoms with Gasteiger partial charge in [0.25, 0.3) is 0 Å². The van der Waals surface area contributed by atoms with Crippen molar-refractivity contribution in [1.82, 2.24) is 0 Å². The van der Waals surface area contributed by atoms with Crippen molar-refractivity contribution >= 4 is 63.1 Å². The van der Waals surface area contributed by atoms with Gasteiger partial charge in [0.05, 0.1) is 11.4 Å². The Labute approximate surface area is 237 Å². The fourth-order valence-electron chi connectivity index (χ4n) is 3.81. The molecule has 0 fully saturated rings. The van der Waals surface area contributed by atoms with Gasteiger partial charge in [0.2, 0.25) is 0 Å². The summed E-state index contributed by atoms with van der Waals surface area (Å²) < 4.78 is 0. The standard InChI is InChI=1S/C30H28N3.3ClH.Ti/c1-21-11-9-12-22(2)29(21)31-19-25-15-5-7-17-27(25)33-28-18-8-6-16-26(28)20-32-30-23(3)13-10-14-24(30)4;;;;/h5-20H,1-4H3;3*1H;/q-1;;;;+4/p-3. The van der Waals surface area contributed by atoms with Gasteiger partial charge in [0.15, 0.2) is 0 Å². The Morgan fingerprint density at radius 1 is 0.541 bits per heavy atom. The molecule has 0 atom stereocenters. The van der Waals surface area contributed by atoms with E-state index in [1.807, 2.05) is 61.0 Å². The fraction of sp³-hybridized carbons (Fsp3) is 0.133. The minimum atomic E-state index is -1.92. The van der Waals surface area contributed by atoms with Crippen molar-refractivity contribution in [1.29, 1.82) is 0 Å². The van der Waals surface area contributed by atoms with E-state index in [0.29, 0.717) is 0 Å². The SMILES string of the molecule is Cc1cccc(C)c1N=Cc1ccccc1[N-]c1ccccc1C=Nc1c(C)cccc1C.[Cl][Ti+]([Cl])[Cl]. The number of benzene rings is 4. The molecular weight excluding hydrogens is 557 g/mol. The van der Waals surface area contributed by atoms with E-state index in [9.17, 15) is 0 Å². The van der Waals surface area contributed by atoms with E-state index >= 15 is 0 Å². The summed E-state index contributed by atoms with van der Waals surface area (Å²) in [4.78, 5) is 9.57. The first-order chi connectivity index (χ1) is 17.8. The first-order valence-electron chi connectivity index (χ1n) is 11.7. The van der Waals surface area contributed by atoms with Gasteiger partial charge >= 0.3 is 42.6 Å². The first kappa shape index (κ1) is 29.2. The fourth-order valence-corrected chi connectivity index (χ4v) is 3.81. The van der Waals surface area contributed by atoms with E-state index in [2.05, 4.69) is 64.1 Å². The molecule has 0 saturated carbocycles. The van der Waals surface area contributed by atoms with Crippen LogP contribution in [0.15, 0.2) is 94.9 Å². The molecule has 0 aliphatic carbocycles. The zero-order chi connectivity index (χ0) is 26.8. The third-order valence-corrected chi connectivity index (χ3v) is 5.66. The maximum absolute atomic E-state index is 4.97. The molecule has 0 radical (unpaired) electrons. The Morgan fingerprint density at radius 3 is 1.22 bits per heavy atom. The Bertz CT molecular complexity index is 1250. The van der Waals surface area contributed by atoms with Crippen LogP contribution in [-0.2, 0) is 14.7 Å². The van der Waals surface area contributed by atoms with Crippen LogP contribution in [0.5, 0.6) is 0 Å². The molecule has 4 aromatic rings. The summed E-state index contributed by atoms with van der Waals surface area (Å²) in [5.41, 5.74) is 10.4. The molecule has 7 heteroatoms. The van der Waals surface area contributed by atoms with Gasteiger partial charge in [-0.3, -0.25) is 9.98 Å². The quantitative estimate of drug-likeness (QED) is 0.160. The van der Waals surface area contributed by atoms with Crippen molar-refractivity contribution in [2.45, 2.75) is 27.7 Å². The zero-order valence-corrected chi connectivity index (χ0v) is 25.0. The summed E-state index contributed by atoms with van der Waals surface area (Å²) in [5.74, 6) is 0. The number of aliphatic imine (C=N–C) groups is 2. The van der Waals surface area contributed by atoms with Crippen LogP contribution in [0.25, 0.3) is 5.32 Å². The maximum atomic E-state index is 4.97. The molecule has 4 rings (SSSR count). The number of hydrogen-bond donors (Lipinski definition) is 0. The van der Waals surface area contributed by atoms with E-state index in [-0.39, 0.29) is 0 Å². The molecule has 0 aromatic heterocycles. The van der Waals surface area contributed by atoms with Gasteiger partial charge in [-0.1, -0.05) is 84.9 Å². The van der Waals surface area contributed by atoms with Gasteiger partial charge in [-0.2, -0.15) is 0 Å². The number of rotatable bonds is 6. The summed E-state index contributed by atoms with van der Waals surface area (Å²) in [6.07, 6.45) is 3.81. The van der Waals surface area contributed by atoms with Crippen molar-refractivity contribution in [3.05, 3.63) is 124 Å². The number of hydrogen-bond acceptors (Lipinski definition) is 2. The topological polar surface area (TPSA) is 38.8 Å². The van der Waals surface area contributed by atoms with Crippen LogP contribution in [-0.4, -0.2) is 12.4 Å². The second-order valence-electron chi connectivity index (χ2n) is 8.44. The number of aryl methyl sites for hydroxylation is 4. The monoisotopic (exact) mass is 583 g/mol. The summed E-state index contributed by atoms with van der Waals surface area (Å²) in [5, 5.41) is 4.97. The zero-order valence-electron chi connectivity index (χ0n) is 21.2. The van der Waals surface area contributed by atoms with E-state index < -0.39 is 14.7 Å². The third kappa shape index (κ3) is 8.84. The van der Waals surface area contributed by atoms with Crippen molar-refractivity contribution in [2.24, 2.45) is 9.98 Å². The van der Waals surface area contributed by atoms with Crippen molar-refractivity contribution in [3.8, 4) is 0 Å². The predicted octanol–water partition coefficient (Wildman–Crippen LogP) is 10.8. The molecule has 0 aliphatic rings. The molecule has 0 spiro atoms. The Morgan fingerprint density at radius 2 is 0.865 bits per heavy atom. The molecule has 4 aromatic carbocycles. The first-order valence-corrected chi connectivity index (χ1v) is 18.1. The molecule has 0 aliphatic heterocycles. The van der Waals surface area contributed by atoms with Gasteiger partial charge in [-0.25, -0.2) is 0 Å². The average Bonchev–Trinajstić information content (AvgIpc) is 2.85. The summed E-state index contributed by atoms with van der Waals surface area (Å²) in [6, 6.07) is 28.6. The normalized spacial score (nSPS) is 10.9. The molecule has 0 N–H and O–H groups in total. The van der Waals surface area contributed by atoms with Crippen LogP contribution in [0.2, 0.25) is 0 Å². The molecule has 0 saturated heterocycles. The molecule has 188 valence electrons. The van der Waals surface area contributed by atoms with Gasteiger partial charge in [-0.05, 0) is 61.1 Å². The summed E-state index contributed by atoms with van der Waals surface area (Å²) in [6.45, 7) is 8.34. The van der Waals surface area contributed by atoms with Crippen molar-refractivity contribution < 1.29 is 14.7 Å². The molecule has 0 unspecified atom stereocenters. The van der Waals surface area contributed by atoms with Crippen LogP contribution in [0.4, 0.5) is 22.7 Å². The Kier molecular flexibility index (Phi) is 11.4. The minimum absolute atomic E-state index is 0.875. The molecule has 0 amide bonds. The third-order valence-electron chi connectivity index (χ3n) is 5.66. The van der Waals surface area contributed by atoms with Crippen molar-refractivity contribution in [3.63, 3.8) is 0 Å². The second-order valence-corrected chi connectivity index (χ2v) is 16.2. The van der Waals surface area contributed by atoms with E-state index in [1.54, 1.807) is 0 Å². The molecule has 37 heavy (non-hydrogen) atoms. The van der Waals surface area contributed by atoms with Crippen LogP contribution in [0.1, 0.15) is 33.4 Å². The molecule has 0 bridgehead atoms.